The number of piperazine rings is 1. The van der Waals surface area contributed by atoms with Gasteiger partial charge in [0, 0.05) is 42.9 Å². The van der Waals surface area contributed by atoms with E-state index in [1.807, 2.05) is 60.7 Å². The van der Waals surface area contributed by atoms with Crippen LogP contribution in [0.3, 0.4) is 0 Å². The van der Waals surface area contributed by atoms with Gasteiger partial charge in [-0.1, -0.05) is 43.3 Å². The van der Waals surface area contributed by atoms with E-state index >= 15 is 0 Å². The molecule has 2 aromatic heterocycles. The Balaban J connectivity index is 1.39. The number of pyridine rings is 1. The summed E-state index contributed by atoms with van der Waals surface area (Å²) in [5.74, 6) is 0.384. The zero-order chi connectivity index (χ0) is 26.8. The van der Waals surface area contributed by atoms with Gasteiger partial charge in [0.2, 0.25) is 0 Å². The Morgan fingerprint density at radius 1 is 0.923 bits per heavy atom. The van der Waals surface area contributed by atoms with Gasteiger partial charge in [-0.2, -0.15) is 0 Å². The first-order valence-corrected chi connectivity index (χ1v) is 13.3. The largest absolute Gasteiger partial charge is 0.369 e. The summed E-state index contributed by atoms with van der Waals surface area (Å²) in [6, 6.07) is 24.3. The molecule has 0 radical (unpaired) electrons. The fourth-order valence-corrected chi connectivity index (χ4v) is 5.36. The second-order valence-corrected chi connectivity index (χ2v) is 9.91. The van der Waals surface area contributed by atoms with Crippen LogP contribution in [-0.4, -0.2) is 56.3 Å². The Kier molecular flexibility index (Phi) is 6.89. The standard InChI is InChI=1S/C30H30FN7O/c1-2-21-8-13-27-23(18-21)19-26(30(39)32-27)28(29-33-34-35-38(29)20-22-6-4-3-5-7-22)37-16-14-36(15-17-37)25-11-9-24(31)10-12-25/h3-13,18-19,28H,2,14-17,20H2,1H3,(H,32,39)/t28-/m0/s1. The van der Waals surface area contributed by atoms with Gasteiger partial charge in [0.05, 0.1) is 6.54 Å². The average molecular weight is 524 g/mol. The Morgan fingerprint density at radius 2 is 1.69 bits per heavy atom. The fourth-order valence-electron chi connectivity index (χ4n) is 5.36. The molecular weight excluding hydrogens is 493 g/mol. The molecule has 6 rings (SSSR count). The molecule has 0 spiro atoms. The van der Waals surface area contributed by atoms with Crippen molar-refractivity contribution < 1.29 is 4.39 Å². The van der Waals surface area contributed by atoms with E-state index in [9.17, 15) is 9.18 Å². The van der Waals surface area contributed by atoms with Crippen LogP contribution in [0.2, 0.25) is 0 Å². The number of fused-ring (bicyclic) bond motifs is 1. The summed E-state index contributed by atoms with van der Waals surface area (Å²) in [5, 5.41) is 13.8. The second-order valence-electron chi connectivity index (χ2n) is 9.91. The number of aromatic amines is 1. The Morgan fingerprint density at radius 3 is 2.44 bits per heavy atom. The topological polar surface area (TPSA) is 82.9 Å². The minimum absolute atomic E-state index is 0.146. The van der Waals surface area contributed by atoms with Gasteiger partial charge in [0.15, 0.2) is 5.82 Å². The predicted octanol–water partition coefficient (Wildman–Crippen LogP) is 4.18. The number of tetrazole rings is 1. The zero-order valence-corrected chi connectivity index (χ0v) is 21.8. The van der Waals surface area contributed by atoms with E-state index in [1.165, 1.54) is 17.7 Å². The molecule has 0 aliphatic carbocycles. The number of aryl methyl sites for hydroxylation is 1. The quantitative estimate of drug-likeness (QED) is 0.345. The lowest BCUT2D eigenvalue weighted by Crippen LogP contribution is -2.49. The van der Waals surface area contributed by atoms with Gasteiger partial charge in [-0.3, -0.25) is 9.69 Å². The van der Waals surface area contributed by atoms with Crippen molar-refractivity contribution in [1.82, 2.24) is 30.1 Å². The first kappa shape index (κ1) is 24.9. The monoisotopic (exact) mass is 523 g/mol. The van der Waals surface area contributed by atoms with Crippen LogP contribution in [-0.2, 0) is 13.0 Å². The third-order valence-corrected chi connectivity index (χ3v) is 7.49. The lowest BCUT2D eigenvalue weighted by molar-refractivity contribution is 0.200. The summed E-state index contributed by atoms with van der Waals surface area (Å²) >= 11 is 0. The number of halogens is 1. The van der Waals surface area contributed by atoms with Crippen LogP contribution in [0.15, 0.2) is 83.7 Å². The molecule has 3 heterocycles. The fraction of sp³-hybridized carbons (Fsp3) is 0.267. The van der Waals surface area contributed by atoms with Gasteiger partial charge >= 0.3 is 0 Å². The SMILES string of the molecule is CCc1ccc2[nH]c(=O)c([C@@H](c3nnnn3Cc3ccccc3)N3CCN(c4ccc(F)cc4)CC3)cc2c1. The van der Waals surface area contributed by atoms with E-state index in [-0.39, 0.29) is 11.4 Å². The maximum absolute atomic E-state index is 13.5. The van der Waals surface area contributed by atoms with Crippen molar-refractivity contribution in [2.75, 3.05) is 31.1 Å². The first-order valence-electron chi connectivity index (χ1n) is 13.3. The third-order valence-electron chi connectivity index (χ3n) is 7.49. The number of nitrogens with one attached hydrogen (secondary N) is 1. The summed E-state index contributed by atoms with van der Waals surface area (Å²) in [6.07, 6.45) is 0.911. The van der Waals surface area contributed by atoms with Crippen LogP contribution >= 0.6 is 0 Å². The van der Waals surface area contributed by atoms with Crippen molar-refractivity contribution in [3.8, 4) is 0 Å². The van der Waals surface area contributed by atoms with Gasteiger partial charge in [-0.15, -0.1) is 5.10 Å². The molecule has 1 saturated heterocycles. The van der Waals surface area contributed by atoms with Crippen molar-refractivity contribution >= 4 is 16.6 Å². The van der Waals surface area contributed by atoms with Crippen molar-refractivity contribution in [1.29, 1.82) is 0 Å². The highest BCUT2D eigenvalue weighted by Gasteiger charge is 2.33. The summed E-state index contributed by atoms with van der Waals surface area (Å²) in [6.45, 7) is 5.46. The Bertz CT molecular complexity index is 1620. The number of anilines is 1. The lowest BCUT2D eigenvalue weighted by atomic mass is 10.0. The van der Waals surface area contributed by atoms with Gasteiger partial charge in [0.1, 0.15) is 11.9 Å². The normalized spacial score (nSPS) is 15.1. The smallest absolute Gasteiger partial charge is 0.253 e. The molecule has 0 bridgehead atoms. The molecule has 0 saturated carbocycles. The maximum atomic E-state index is 13.5. The molecular formula is C30H30FN7O. The van der Waals surface area contributed by atoms with Crippen LogP contribution in [0.1, 0.15) is 35.5 Å². The lowest BCUT2D eigenvalue weighted by Gasteiger charge is -2.39. The van der Waals surface area contributed by atoms with Crippen LogP contribution in [0.5, 0.6) is 0 Å². The number of hydrogen-bond donors (Lipinski definition) is 1. The first-order chi connectivity index (χ1) is 19.1. The summed E-state index contributed by atoms with van der Waals surface area (Å²) < 4.78 is 15.3. The summed E-state index contributed by atoms with van der Waals surface area (Å²) in [7, 11) is 0. The number of nitrogens with zero attached hydrogens (tertiary/aromatic N) is 6. The van der Waals surface area contributed by atoms with Gasteiger partial charge < -0.3 is 9.88 Å². The summed E-state index contributed by atoms with van der Waals surface area (Å²) in [4.78, 5) is 21.1. The molecule has 1 aliphatic rings. The van der Waals surface area contributed by atoms with E-state index in [1.54, 1.807) is 4.68 Å². The number of rotatable bonds is 7. The van der Waals surface area contributed by atoms with E-state index in [0.717, 1.165) is 41.7 Å². The molecule has 39 heavy (non-hydrogen) atoms. The highest BCUT2D eigenvalue weighted by Crippen LogP contribution is 2.29. The zero-order valence-electron chi connectivity index (χ0n) is 21.8. The van der Waals surface area contributed by atoms with Crippen LogP contribution in [0.4, 0.5) is 10.1 Å². The molecule has 1 N–H and O–H groups in total. The molecule has 1 fully saturated rings. The highest BCUT2D eigenvalue weighted by atomic mass is 19.1. The molecule has 5 aromatic rings. The summed E-state index contributed by atoms with van der Waals surface area (Å²) in [5.41, 5.74) is 4.55. The molecule has 8 nitrogen and oxygen atoms in total. The van der Waals surface area contributed by atoms with Crippen molar-refractivity contribution in [2.45, 2.75) is 25.9 Å². The van der Waals surface area contributed by atoms with E-state index in [2.05, 4.69) is 43.3 Å². The van der Waals surface area contributed by atoms with Crippen LogP contribution in [0, 0.1) is 5.82 Å². The van der Waals surface area contributed by atoms with Crippen molar-refractivity contribution in [3.05, 3.63) is 118 Å². The van der Waals surface area contributed by atoms with E-state index in [0.29, 0.717) is 31.0 Å². The minimum Gasteiger partial charge on any atom is -0.369 e. The molecule has 1 aliphatic heterocycles. The van der Waals surface area contributed by atoms with E-state index < -0.39 is 6.04 Å². The second kappa shape index (κ2) is 10.8. The van der Waals surface area contributed by atoms with Gasteiger partial charge in [-0.25, -0.2) is 9.07 Å². The minimum atomic E-state index is -0.433. The molecule has 0 unspecified atom stereocenters. The average Bonchev–Trinajstić information content (AvgIpc) is 3.42. The van der Waals surface area contributed by atoms with Gasteiger partial charge in [0.25, 0.3) is 5.56 Å². The maximum Gasteiger partial charge on any atom is 0.253 e. The predicted molar refractivity (Wildman–Crippen MR) is 149 cm³/mol. The number of H-pyrrole nitrogens is 1. The van der Waals surface area contributed by atoms with Gasteiger partial charge in [-0.05, 0) is 75.8 Å². The van der Waals surface area contributed by atoms with Crippen molar-refractivity contribution in [3.63, 3.8) is 0 Å². The Labute approximate surface area is 225 Å². The van der Waals surface area contributed by atoms with Crippen LogP contribution in [0.25, 0.3) is 10.9 Å². The van der Waals surface area contributed by atoms with Crippen LogP contribution < -0.4 is 10.5 Å². The molecule has 1 atom stereocenters. The molecule has 0 amide bonds. The van der Waals surface area contributed by atoms with Crippen molar-refractivity contribution in [2.24, 2.45) is 0 Å². The molecule has 198 valence electrons. The number of aromatic nitrogens is 5. The molecule has 3 aromatic carbocycles. The highest BCUT2D eigenvalue weighted by molar-refractivity contribution is 5.80. The third kappa shape index (κ3) is 5.18. The molecule has 9 heteroatoms. The number of hydrogen-bond acceptors (Lipinski definition) is 6. The number of benzene rings is 3. The Hall–Kier alpha value is -4.37. The van der Waals surface area contributed by atoms with E-state index in [4.69, 9.17) is 0 Å².